The number of thiophene rings is 1. The Morgan fingerprint density at radius 2 is 2.04 bits per heavy atom. The zero-order valence-corrected chi connectivity index (χ0v) is 14.4. The number of nitrogens with two attached hydrogens (primary N) is 1. The Bertz CT molecular complexity index is 740. The molecule has 1 aliphatic carbocycles. The number of carbonyl (C=O) groups is 2. The van der Waals surface area contributed by atoms with Crippen molar-refractivity contribution < 1.29 is 9.59 Å². The molecule has 24 heavy (non-hydrogen) atoms. The van der Waals surface area contributed by atoms with Gasteiger partial charge >= 0.3 is 0 Å². The fraction of sp³-hybridized carbons (Fsp3) is 0.333. The van der Waals surface area contributed by atoms with Gasteiger partial charge in [-0.25, -0.2) is 0 Å². The lowest BCUT2D eigenvalue weighted by atomic mass is 9.95. The van der Waals surface area contributed by atoms with Gasteiger partial charge in [0.25, 0.3) is 11.8 Å². The number of anilines is 1. The number of benzene rings is 1. The summed E-state index contributed by atoms with van der Waals surface area (Å²) >= 11 is 1.38. The number of hydrogen-bond donors (Lipinski definition) is 3. The van der Waals surface area contributed by atoms with E-state index in [1.165, 1.54) is 11.3 Å². The first-order chi connectivity index (χ1) is 11.5. The zero-order chi connectivity index (χ0) is 17.2. The van der Waals surface area contributed by atoms with Gasteiger partial charge in [0.2, 0.25) is 0 Å². The van der Waals surface area contributed by atoms with E-state index in [4.69, 9.17) is 5.73 Å². The van der Waals surface area contributed by atoms with Crippen molar-refractivity contribution in [3.05, 3.63) is 52.2 Å². The molecular formula is C18H21N3O2S. The smallest absolute Gasteiger partial charge is 0.265 e. The molecule has 1 aliphatic rings. The van der Waals surface area contributed by atoms with E-state index in [1.807, 2.05) is 18.4 Å². The monoisotopic (exact) mass is 343 g/mol. The highest BCUT2D eigenvalue weighted by Gasteiger charge is 2.41. The van der Waals surface area contributed by atoms with Crippen LogP contribution in [0.5, 0.6) is 0 Å². The van der Waals surface area contributed by atoms with E-state index in [0.29, 0.717) is 28.6 Å². The van der Waals surface area contributed by atoms with Crippen LogP contribution in [0.1, 0.15) is 39.8 Å². The molecule has 5 nitrogen and oxygen atoms in total. The van der Waals surface area contributed by atoms with Crippen LogP contribution in [0, 0.1) is 5.92 Å². The molecular weight excluding hydrogens is 322 g/mol. The summed E-state index contributed by atoms with van der Waals surface area (Å²) in [5, 5.41) is 7.72. The third kappa shape index (κ3) is 3.66. The summed E-state index contributed by atoms with van der Waals surface area (Å²) in [4.78, 5) is 25.3. The third-order valence-electron chi connectivity index (χ3n) is 4.43. The molecule has 0 saturated heterocycles. The molecule has 0 bridgehead atoms. The average molecular weight is 343 g/mol. The predicted molar refractivity (Wildman–Crippen MR) is 96.4 cm³/mol. The normalized spacial score (nSPS) is 16.2. The third-order valence-corrected chi connectivity index (χ3v) is 5.30. The Morgan fingerprint density at radius 3 is 2.67 bits per heavy atom. The molecule has 1 heterocycles. The molecule has 0 spiro atoms. The van der Waals surface area contributed by atoms with Gasteiger partial charge < -0.3 is 16.4 Å². The summed E-state index contributed by atoms with van der Waals surface area (Å²) < 4.78 is 0. The van der Waals surface area contributed by atoms with Gasteiger partial charge in [0.15, 0.2) is 0 Å². The summed E-state index contributed by atoms with van der Waals surface area (Å²) in [6.07, 6.45) is 2.20. The van der Waals surface area contributed by atoms with Crippen molar-refractivity contribution in [1.29, 1.82) is 0 Å². The Kier molecular flexibility index (Phi) is 4.69. The predicted octanol–water partition coefficient (Wildman–Crippen LogP) is 2.86. The van der Waals surface area contributed by atoms with E-state index in [9.17, 15) is 9.59 Å². The molecule has 2 amide bonds. The topological polar surface area (TPSA) is 84.2 Å². The molecule has 0 radical (unpaired) electrons. The molecule has 0 aliphatic heterocycles. The van der Waals surface area contributed by atoms with Gasteiger partial charge in [-0.3, -0.25) is 9.59 Å². The molecule has 4 N–H and O–H groups in total. The van der Waals surface area contributed by atoms with Gasteiger partial charge in [-0.05, 0) is 55.3 Å². The number of nitrogens with one attached hydrogen (secondary N) is 2. The Balaban J connectivity index is 1.70. The van der Waals surface area contributed by atoms with Crippen molar-refractivity contribution in [2.24, 2.45) is 11.7 Å². The van der Waals surface area contributed by atoms with Crippen LogP contribution in [-0.2, 0) is 0 Å². The largest absolute Gasteiger partial charge is 0.345 e. The maximum absolute atomic E-state index is 12.5. The van der Waals surface area contributed by atoms with E-state index in [0.717, 1.165) is 12.8 Å². The van der Waals surface area contributed by atoms with Crippen molar-refractivity contribution in [2.45, 2.75) is 25.3 Å². The van der Waals surface area contributed by atoms with E-state index in [1.54, 1.807) is 30.3 Å². The first-order valence-electron chi connectivity index (χ1n) is 7.99. The summed E-state index contributed by atoms with van der Waals surface area (Å²) in [6, 6.07) is 10.5. The molecule has 2 aromatic rings. The van der Waals surface area contributed by atoms with E-state index in [2.05, 4.69) is 10.6 Å². The molecule has 6 heteroatoms. The van der Waals surface area contributed by atoms with E-state index >= 15 is 0 Å². The lowest BCUT2D eigenvalue weighted by molar-refractivity contribution is 0.0897. The van der Waals surface area contributed by atoms with Crippen molar-refractivity contribution in [3.63, 3.8) is 0 Å². The second-order valence-electron chi connectivity index (χ2n) is 6.36. The molecule has 3 rings (SSSR count). The average Bonchev–Trinajstić information content (AvgIpc) is 3.30. The first kappa shape index (κ1) is 16.7. The lowest BCUT2D eigenvalue weighted by Gasteiger charge is -2.29. The van der Waals surface area contributed by atoms with Crippen molar-refractivity contribution in [3.8, 4) is 0 Å². The second kappa shape index (κ2) is 6.75. The number of rotatable bonds is 6. The summed E-state index contributed by atoms with van der Waals surface area (Å²) in [5.41, 5.74) is 6.60. The van der Waals surface area contributed by atoms with Gasteiger partial charge in [-0.2, -0.15) is 0 Å². The van der Waals surface area contributed by atoms with Crippen LogP contribution in [-0.4, -0.2) is 23.9 Å². The molecule has 1 aromatic carbocycles. The molecule has 1 aromatic heterocycles. The number of carbonyl (C=O) groups excluding carboxylic acids is 2. The minimum Gasteiger partial charge on any atom is -0.345 e. The summed E-state index contributed by atoms with van der Waals surface area (Å²) in [7, 11) is 0. The van der Waals surface area contributed by atoms with Gasteiger partial charge in [-0.15, -0.1) is 11.3 Å². The minimum atomic E-state index is -0.368. The van der Waals surface area contributed by atoms with Crippen LogP contribution >= 0.6 is 11.3 Å². The van der Waals surface area contributed by atoms with Crippen molar-refractivity contribution >= 4 is 28.8 Å². The molecule has 1 unspecified atom stereocenters. The maximum Gasteiger partial charge on any atom is 0.265 e. The summed E-state index contributed by atoms with van der Waals surface area (Å²) in [5.74, 6) is 0.113. The van der Waals surface area contributed by atoms with Gasteiger partial charge in [0, 0.05) is 17.8 Å². The highest BCUT2D eigenvalue weighted by Crippen LogP contribution is 2.39. The standard InChI is InChI=1S/C18H21N3O2S/c1-18(11-19,13-7-8-13)21-16(22)12-4-2-5-14(10-12)20-17(23)15-6-3-9-24-15/h2-6,9-10,13H,7-8,11,19H2,1H3,(H,20,23)(H,21,22). The lowest BCUT2D eigenvalue weighted by Crippen LogP contribution is -2.53. The van der Waals surface area contributed by atoms with Crippen LogP contribution in [0.3, 0.4) is 0 Å². The van der Waals surface area contributed by atoms with Gasteiger partial charge in [-0.1, -0.05) is 12.1 Å². The molecule has 1 atom stereocenters. The maximum atomic E-state index is 12.5. The van der Waals surface area contributed by atoms with E-state index in [-0.39, 0.29) is 17.4 Å². The zero-order valence-electron chi connectivity index (χ0n) is 13.5. The Labute approximate surface area is 145 Å². The Hall–Kier alpha value is -2.18. The molecule has 1 saturated carbocycles. The number of hydrogen-bond acceptors (Lipinski definition) is 4. The quantitative estimate of drug-likeness (QED) is 0.754. The van der Waals surface area contributed by atoms with Crippen molar-refractivity contribution in [2.75, 3.05) is 11.9 Å². The van der Waals surface area contributed by atoms with Gasteiger partial charge in [0.05, 0.1) is 10.4 Å². The van der Waals surface area contributed by atoms with Crippen LogP contribution in [0.15, 0.2) is 41.8 Å². The first-order valence-corrected chi connectivity index (χ1v) is 8.87. The fourth-order valence-corrected chi connectivity index (χ4v) is 3.33. The Morgan fingerprint density at radius 1 is 1.25 bits per heavy atom. The van der Waals surface area contributed by atoms with Gasteiger partial charge in [0.1, 0.15) is 0 Å². The fourth-order valence-electron chi connectivity index (χ4n) is 2.71. The van der Waals surface area contributed by atoms with Crippen molar-refractivity contribution in [1.82, 2.24) is 5.32 Å². The highest BCUT2D eigenvalue weighted by atomic mass is 32.1. The van der Waals surface area contributed by atoms with Crippen LogP contribution in [0.4, 0.5) is 5.69 Å². The van der Waals surface area contributed by atoms with Crippen LogP contribution in [0.25, 0.3) is 0 Å². The van der Waals surface area contributed by atoms with Crippen LogP contribution in [0.2, 0.25) is 0 Å². The SMILES string of the molecule is CC(CN)(NC(=O)c1cccc(NC(=O)c2cccs2)c1)C1CC1. The second-order valence-corrected chi connectivity index (χ2v) is 7.31. The van der Waals surface area contributed by atoms with Crippen LogP contribution < -0.4 is 16.4 Å². The minimum absolute atomic E-state index is 0.165. The molecule has 126 valence electrons. The molecule has 1 fully saturated rings. The highest BCUT2D eigenvalue weighted by molar-refractivity contribution is 7.12. The number of amides is 2. The summed E-state index contributed by atoms with van der Waals surface area (Å²) in [6.45, 7) is 2.41. The van der Waals surface area contributed by atoms with E-state index < -0.39 is 0 Å².